The maximum absolute atomic E-state index is 8.60. The van der Waals surface area contributed by atoms with Gasteiger partial charge in [-0.2, -0.15) is 4.57 Å². The Morgan fingerprint density at radius 1 is 1.11 bits per heavy atom. The van der Waals surface area contributed by atoms with Crippen LogP contribution >= 0.6 is 0 Å². The molecule has 0 aliphatic carbocycles. The second kappa shape index (κ2) is 6.49. The molecule has 1 atom stereocenters. The third-order valence-electron chi connectivity index (χ3n) is 5.54. The van der Waals surface area contributed by atoms with E-state index in [2.05, 4.69) is 4.85 Å². The van der Waals surface area contributed by atoms with Crippen LogP contribution in [0, 0.1) is 27.3 Å². The van der Waals surface area contributed by atoms with Crippen molar-refractivity contribution in [1.29, 1.82) is 0 Å². The van der Waals surface area contributed by atoms with E-state index in [1.807, 2.05) is 50.6 Å². The molecule has 0 N–H and O–H groups in total. The third-order valence-corrected chi connectivity index (χ3v) is 5.54. The highest BCUT2D eigenvalue weighted by atomic mass is 16.3. The summed E-state index contributed by atoms with van der Waals surface area (Å²) in [5, 5.41) is 1.83. The van der Waals surface area contributed by atoms with E-state index < -0.39 is 12.7 Å². The van der Waals surface area contributed by atoms with Gasteiger partial charge in [0.2, 0.25) is 11.4 Å². The van der Waals surface area contributed by atoms with Gasteiger partial charge in [0.15, 0.2) is 5.69 Å². The fourth-order valence-electron chi connectivity index (χ4n) is 3.85. The number of pyridine rings is 1. The minimum atomic E-state index is -2.47. The van der Waals surface area contributed by atoms with Crippen molar-refractivity contribution in [2.45, 2.75) is 40.4 Å². The van der Waals surface area contributed by atoms with Gasteiger partial charge in [0.25, 0.3) is 0 Å². The van der Waals surface area contributed by atoms with Crippen LogP contribution in [0.3, 0.4) is 0 Å². The highest BCUT2D eigenvalue weighted by molar-refractivity contribution is 6.14. The summed E-state index contributed by atoms with van der Waals surface area (Å²) in [5.74, 6) is -1.76. The molecule has 0 aliphatic heterocycles. The van der Waals surface area contributed by atoms with E-state index in [0.717, 1.165) is 38.9 Å². The van der Waals surface area contributed by atoms with Crippen molar-refractivity contribution in [3.8, 4) is 11.3 Å². The summed E-state index contributed by atoms with van der Waals surface area (Å²) in [6.07, 6.45) is 0. The number of aryl methyl sites for hydroxylation is 3. The molecule has 0 radical (unpaired) electrons. The standard InChI is InChI=1S/C25H25N2O/c1-14(2)18-12-17(5)27(7)21(13-18)23-16(4)8-10-19-22-15(3)9-11-20(26-6)25(22)28-24(19)23/h8-14H,1-5,7H3/q+1/i1D3,14D. The van der Waals surface area contributed by atoms with Gasteiger partial charge in [-0.15, -0.1) is 0 Å². The van der Waals surface area contributed by atoms with Gasteiger partial charge >= 0.3 is 0 Å². The molecule has 3 heteroatoms. The van der Waals surface area contributed by atoms with E-state index in [4.69, 9.17) is 16.5 Å². The zero-order valence-corrected chi connectivity index (χ0v) is 16.8. The Bertz CT molecular complexity index is 1440. The average molecular weight is 374 g/mol. The number of nitrogens with zero attached hydrogens (tertiary/aromatic N) is 2. The van der Waals surface area contributed by atoms with Crippen molar-refractivity contribution in [2.24, 2.45) is 7.05 Å². The lowest BCUT2D eigenvalue weighted by Gasteiger charge is -2.11. The van der Waals surface area contributed by atoms with Crippen LogP contribution in [0.2, 0.25) is 0 Å². The van der Waals surface area contributed by atoms with Crippen LogP contribution in [-0.2, 0) is 7.05 Å². The quantitative estimate of drug-likeness (QED) is 0.284. The Morgan fingerprint density at radius 2 is 1.86 bits per heavy atom. The van der Waals surface area contributed by atoms with Gasteiger partial charge in [0.1, 0.15) is 18.2 Å². The molecule has 1 unspecified atom stereocenters. The molecule has 0 spiro atoms. The molecule has 3 nitrogen and oxygen atoms in total. The first-order chi connectivity index (χ1) is 14.9. The predicted octanol–water partition coefficient (Wildman–Crippen LogP) is 6.68. The number of fused-ring (bicyclic) bond motifs is 3. The number of hydrogen-bond donors (Lipinski definition) is 0. The zero-order valence-electron chi connectivity index (χ0n) is 20.8. The molecule has 28 heavy (non-hydrogen) atoms. The van der Waals surface area contributed by atoms with Crippen LogP contribution < -0.4 is 4.57 Å². The largest absolute Gasteiger partial charge is 0.466 e. The van der Waals surface area contributed by atoms with Crippen LogP contribution in [0.25, 0.3) is 38.0 Å². The summed E-state index contributed by atoms with van der Waals surface area (Å²) >= 11 is 0. The molecule has 4 aromatic rings. The second-order valence-electron chi connectivity index (χ2n) is 7.41. The molecule has 0 saturated carbocycles. The molecule has 4 rings (SSSR count). The maximum Gasteiger partial charge on any atom is 0.229 e. The van der Waals surface area contributed by atoms with Gasteiger partial charge in [0.05, 0.1) is 12.1 Å². The van der Waals surface area contributed by atoms with Crippen molar-refractivity contribution >= 4 is 27.6 Å². The summed E-state index contributed by atoms with van der Waals surface area (Å²) in [5.41, 5.74) is 6.54. The van der Waals surface area contributed by atoms with Gasteiger partial charge in [-0.05, 0) is 36.4 Å². The number of hydrogen-bond acceptors (Lipinski definition) is 1. The van der Waals surface area contributed by atoms with Crippen molar-refractivity contribution in [2.75, 3.05) is 0 Å². The van der Waals surface area contributed by atoms with Gasteiger partial charge in [-0.25, -0.2) is 4.85 Å². The van der Waals surface area contributed by atoms with Gasteiger partial charge < -0.3 is 4.42 Å². The molecule has 2 aromatic heterocycles. The molecule has 0 amide bonds. The lowest BCUT2D eigenvalue weighted by molar-refractivity contribution is -0.666. The minimum Gasteiger partial charge on any atom is -0.466 e. The van der Waals surface area contributed by atoms with Gasteiger partial charge in [0, 0.05) is 35.3 Å². The Labute approximate surface area is 171 Å². The second-order valence-corrected chi connectivity index (χ2v) is 7.41. The third kappa shape index (κ3) is 2.60. The van der Waals surface area contributed by atoms with Crippen molar-refractivity contribution in [3.63, 3.8) is 0 Å². The maximum atomic E-state index is 8.60. The van der Waals surface area contributed by atoms with Crippen LogP contribution in [-0.4, -0.2) is 0 Å². The Hall–Kier alpha value is -3.12. The SMILES string of the molecule is [2H]C([2H])([2H])C([2H])(C)c1cc(C)[n+](C)c(-c2c(C)ccc3c2oc2c([N+]#[C-])ccc(C)c23)c1. The van der Waals surface area contributed by atoms with Crippen LogP contribution in [0.4, 0.5) is 5.69 Å². The lowest BCUT2D eigenvalue weighted by Crippen LogP contribution is -2.35. The summed E-state index contributed by atoms with van der Waals surface area (Å²) in [6, 6.07) is 11.3. The number of benzene rings is 2. The smallest absolute Gasteiger partial charge is 0.229 e. The average Bonchev–Trinajstić information content (AvgIpc) is 3.10. The molecule has 0 fully saturated rings. The van der Waals surface area contributed by atoms with Crippen molar-refractivity contribution in [1.82, 2.24) is 0 Å². The topological polar surface area (TPSA) is 21.4 Å². The molecule has 2 heterocycles. The van der Waals surface area contributed by atoms with Crippen LogP contribution in [0.15, 0.2) is 40.8 Å². The molecule has 0 aliphatic rings. The van der Waals surface area contributed by atoms with E-state index in [1.54, 1.807) is 18.2 Å². The van der Waals surface area contributed by atoms with Crippen LogP contribution in [0.1, 0.15) is 47.5 Å². The monoisotopic (exact) mass is 373 g/mol. The molecule has 0 bridgehead atoms. The summed E-state index contributed by atoms with van der Waals surface area (Å²) in [4.78, 5) is 3.63. The van der Waals surface area contributed by atoms with Gasteiger partial charge in [-0.1, -0.05) is 38.0 Å². The van der Waals surface area contributed by atoms with Crippen molar-refractivity contribution in [3.05, 3.63) is 70.2 Å². The summed E-state index contributed by atoms with van der Waals surface area (Å²) in [7, 11) is 1.92. The summed E-state index contributed by atoms with van der Waals surface area (Å²) in [6.45, 7) is 12.4. The fraction of sp³-hybridized carbons (Fsp3) is 0.280. The Kier molecular flexibility index (Phi) is 3.24. The fourth-order valence-corrected chi connectivity index (χ4v) is 3.85. The molecule has 140 valence electrons. The molecule has 2 aromatic carbocycles. The number of rotatable bonds is 2. The van der Waals surface area contributed by atoms with E-state index in [-0.39, 0.29) is 0 Å². The first kappa shape index (κ1) is 14.0. The summed E-state index contributed by atoms with van der Waals surface area (Å²) < 4.78 is 40.5. The number of furan rings is 1. The van der Waals surface area contributed by atoms with Crippen LogP contribution in [0.5, 0.6) is 0 Å². The van der Waals surface area contributed by atoms with E-state index in [1.165, 1.54) is 6.92 Å². The van der Waals surface area contributed by atoms with E-state index in [0.29, 0.717) is 22.4 Å². The first-order valence-corrected chi connectivity index (χ1v) is 9.23. The zero-order chi connectivity index (χ0) is 23.6. The Balaban J connectivity index is 2.13. The highest BCUT2D eigenvalue weighted by Gasteiger charge is 2.24. The predicted molar refractivity (Wildman–Crippen MR) is 115 cm³/mol. The highest BCUT2D eigenvalue weighted by Crippen LogP contribution is 2.41. The normalized spacial score (nSPS) is 16.1. The Morgan fingerprint density at radius 3 is 2.57 bits per heavy atom. The molecule has 0 saturated heterocycles. The molecular weight excluding hydrogens is 344 g/mol. The van der Waals surface area contributed by atoms with Crippen molar-refractivity contribution < 1.29 is 14.5 Å². The van der Waals surface area contributed by atoms with E-state index >= 15 is 0 Å². The minimum absolute atomic E-state index is 0.425. The first-order valence-electron chi connectivity index (χ1n) is 11.2. The van der Waals surface area contributed by atoms with Gasteiger partial charge in [-0.3, -0.25) is 0 Å². The molecular formula is C25H25N2O+. The number of aromatic nitrogens is 1. The lowest BCUT2D eigenvalue weighted by atomic mass is 9.95. The van der Waals surface area contributed by atoms with E-state index in [9.17, 15) is 0 Å².